The van der Waals surface area contributed by atoms with E-state index in [2.05, 4.69) is 115 Å². The minimum absolute atomic E-state index is 0.00817. The van der Waals surface area contributed by atoms with Crippen LogP contribution in [0.25, 0.3) is 0 Å². The first-order chi connectivity index (χ1) is 39.2. The van der Waals surface area contributed by atoms with E-state index in [-0.39, 0.29) is 22.7 Å². The van der Waals surface area contributed by atoms with Gasteiger partial charge in [0, 0.05) is 67.1 Å². The molecule has 9 nitrogen and oxygen atoms in total. The van der Waals surface area contributed by atoms with E-state index in [1.165, 1.54) is 56.1 Å². The predicted octanol–water partition coefficient (Wildman–Crippen LogP) is 16.4. The van der Waals surface area contributed by atoms with Crippen LogP contribution in [0.5, 0.6) is 11.5 Å². The van der Waals surface area contributed by atoms with Gasteiger partial charge >= 0.3 is 0 Å². The van der Waals surface area contributed by atoms with Crippen LogP contribution in [0.3, 0.4) is 0 Å². The summed E-state index contributed by atoms with van der Waals surface area (Å²) in [6, 6.07) is 19.3. The van der Waals surface area contributed by atoms with E-state index in [1.807, 2.05) is 0 Å². The summed E-state index contributed by atoms with van der Waals surface area (Å²) in [6.07, 6.45) is 30.4. The number of fused-ring (bicyclic) bond motifs is 10. The molecule has 1 spiro atoms. The van der Waals surface area contributed by atoms with Crippen LogP contribution in [-0.4, -0.2) is 67.1 Å². The van der Waals surface area contributed by atoms with Gasteiger partial charge in [0.15, 0.2) is 5.79 Å². The van der Waals surface area contributed by atoms with Gasteiger partial charge in [0.2, 0.25) is 0 Å². The molecule has 8 aliphatic carbocycles. The maximum Gasteiger partial charge on any atom is 0.168 e. The largest absolute Gasteiger partial charge is 0.494 e. The molecule has 1 aliphatic heterocycles. The van der Waals surface area contributed by atoms with Crippen LogP contribution in [0.2, 0.25) is 0 Å². The molecule has 1 saturated heterocycles. The fourth-order valence-corrected chi connectivity index (χ4v) is 20.5. The van der Waals surface area contributed by atoms with Gasteiger partial charge in [-0.05, 0) is 228 Å². The highest BCUT2D eigenvalue weighted by molar-refractivity contribution is 5.87. The highest BCUT2D eigenvalue weighted by Gasteiger charge is 2.64. The molecule has 0 bridgehead atoms. The number of hydrogen-bond donors (Lipinski definition) is 3. The number of aliphatic hydroxyl groups is 1. The van der Waals surface area contributed by atoms with Crippen LogP contribution in [0.1, 0.15) is 258 Å². The van der Waals surface area contributed by atoms with Gasteiger partial charge in [-0.3, -0.25) is 9.59 Å². The predicted molar refractivity (Wildman–Crippen MR) is 326 cm³/mol. The van der Waals surface area contributed by atoms with Gasteiger partial charge < -0.3 is 34.7 Å². The SMILES string of the molecule is CCCC(NC(CC)CC)c1cccc(OCC[C@]23CCC4C(CCC5CC(=O)CC[C@@]54C)C2CC[C@@H]3O)c1.CCCC(NC(CC)CC)c1cccc(OCC[C@]23CCC4C(CCC5CC6(CC[C@@]54C)OCCO6)C2CCC3=O)c1. The van der Waals surface area contributed by atoms with E-state index in [1.54, 1.807) is 0 Å². The summed E-state index contributed by atoms with van der Waals surface area (Å²) in [5.74, 6) is 7.90. The molecule has 15 atom stereocenters. The van der Waals surface area contributed by atoms with Crippen molar-refractivity contribution in [3.05, 3.63) is 59.7 Å². The number of rotatable bonds is 22. The molecule has 8 saturated carbocycles. The number of nitrogens with one attached hydrogen (secondary N) is 2. The van der Waals surface area contributed by atoms with Crippen LogP contribution in [0, 0.1) is 69.0 Å². The van der Waals surface area contributed by atoms with Crippen molar-refractivity contribution in [2.45, 2.75) is 271 Å². The van der Waals surface area contributed by atoms with Crippen molar-refractivity contribution in [3.63, 3.8) is 0 Å². The molecule has 2 aromatic rings. The molecule has 81 heavy (non-hydrogen) atoms. The van der Waals surface area contributed by atoms with E-state index in [0.29, 0.717) is 95.3 Å². The first-order valence-electron chi connectivity index (χ1n) is 34.2. The Morgan fingerprint density at radius 3 is 1.77 bits per heavy atom. The van der Waals surface area contributed by atoms with Crippen molar-refractivity contribution >= 4 is 11.6 Å². The monoisotopic (exact) mass is 1120 g/mol. The van der Waals surface area contributed by atoms with Crippen molar-refractivity contribution < 1.29 is 33.6 Å². The third-order valence-corrected chi connectivity index (χ3v) is 25.3. The zero-order valence-corrected chi connectivity index (χ0v) is 52.1. The zero-order chi connectivity index (χ0) is 57.0. The van der Waals surface area contributed by atoms with E-state index in [0.717, 1.165) is 171 Å². The highest BCUT2D eigenvalue weighted by atomic mass is 16.7. The fourth-order valence-electron chi connectivity index (χ4n) is 20.5. The van der Waals surface area contributed by atoms with Crippen molar-refractivity contribution in [2.75, 3.05) is 26.4 Å². The first-order valence-corrected chi connectivity index (χ1v) is 34.2. The molecule has 3 N–H and O–H groups in total. The second kappa shape index (κ2) is 26.4. The van der Waals surface area contributed by atoms with E-state index >= 15 is 0 Å². The Kier molecular flexibility index (Phi) is 20.0. The number of carbonyl (C=O) groups excluding carboxylic acids is 2. The van der Waals surface area contributed by atoms with E-state index in [4.69, 9.17) is 18.9 Å². The highest BCUT2D eigenvalue weighted by Crippen LogP contribution is 2.69. The van der Waals surface area contributed by atoms with Crippen molar-refractivity contribution in [3.8, 4) is 11.5 Å². The quantitative estimate of drug-likeness (QED) is 0.106. The number of benzene rings is 2. The Morgan fingerprint density at radius 1 is 0.593 bits per heavy atom. The third kappa shape index (κ3) is 12.3. The molecule has 452 valence electrons. The Labute approximate surface area is 491 Å². The Hall–Kier alpha value is -2.82. The minimum atomic E-state index is -0.298. The topological polar surface area (TPSA) is 115 Å². The average Bonchev–Trinajstić information content (AvgIpc) is 4.42. The molecule has 10 unspecified atom stereocenters. The van der Waals surface area contributed by atoms with Crippen LogP contribution >= 0.6 is 0 Å². The standard InChI is InChI=1S/C37H57NO4.C35H55NO3/c1-5-9-33(38-28(6-2)7-3)26-10-8-11-29(24-26)40-21-20-36-17-16-31-30(32(36)14-15-34(36)39)13-12-27-25-37(41-22-23-42-37)19-18-35(27,31)4;1-5-9-32(36-26(6-2)7-3)24-10-8-11-28(22-24)39-21-20-35-19-17-30-29(31(35)14-15-33(35)38)13-12-25-23-27(37)16-18-34(25,30)4/h8,10-11,24,27-28,30-33,38H,5-7,9,12-23,25H2,1-4H3;8,10-11,22,25-26,29-33,36,38H,5-7,9,12-21,23H2,1-4H3/t27?,30?,31?,32?,33?,35-,36+;25?,29?,30?,31?,32?,33-,34-,35+/m00/s1. The molecule has 1 heterocycles. The van der Waals surface area contributed by atoms with Gasteiger partial charge in [-0.1, -0.05) is 92.5 Å². The second-order valence-electron chi connectivity index (χ2n) is 28.8. The first kappa shape index (κ1) is 61.3. The van der Waals surface area contributed by atoms with Crippen molar-refractivity contribution in [1.29, 1.82) is 0 Å². The number of ether oxygens (including phenoxy) is 4. The minimum Gasteiger partial charge on any atom is -0.494 e. The number of Topliss-reactive ketones (excluding diaryl/α,β-unsaturated/α-hetero) is 2. The molecule has 0 radical (unpaired) electrons. The Balaban J connectivity index is 0.000000182. The zero-order valence-electron chi connectivity index (χ0n) is 52.1. The van der Waals surface area contributed by atoms with Gasteiger partial charge in [0.05, 0.1) is 32.5 Å². The van der Waals surface area contributed by atoms with Gasteiger partial charge in [0.1, 0.15) is 23.1 Å². The smallest absolute Gasteiger partial charge is 0.168 e. The van der Waals surface area contributed by atoms with Crippen LogP contribution < -0.4 is 20.1 Å². The molecular weight excluding hydrogens is 1000 g/mol. The summed E-state index contributed by atoms with van der Waals surface area (Å²) in [5.41, 5.74) is 3.17. The summed E-state index contributed by atoms with van der Waals surface area (Å²) in [4.78, 5) is 25.9. The fraction of sp³-hybridized carbons (Fsp3) is 0.806. The molecular formula is C72H112N2O7. The second-order valence-corrected chi connectivity index (χ2v) is 28.8. The molecule has 9 fully saturated rings. The summed E-state index contributed by atoms with van der Waals surface area (Å²) in [7, 11) is 0. The molecule has 0 amide bonds. The normalized spacial score (nSPS) is 36.4. The molecule has 11 rings (SSSR count). The molecule has 9 aliphatic rings. The maximum absolute atomic E-state index is 13.7. The third-order valence-electron chi connectivity index (χ3n) is 25.3. The van der Waals surface area contributed by atoms with Crippen molar-refractivity contribution in [2.24, 2.45) is 69.0 Å². The van der Waals surface area contributed by atoms with Gasteiger partial charge in [0.25, 0.3) is 0 Å². The van der Waals surface area contributed by atoms with Crippen molar-refractivity contribution in [1.82, 2.24) is 10.6 Å². The lowest BCUT2D eigenvalue weighted by molar-refractivity contribution is -0.229. The summed E-state index contributed by atoms with van der Waals surface area (Å²) in [6.45, 7) is 21.5. The lowest BCUT2D eigenvalue weighted by Gasteiger charge is -2.61. The molecule has 0 aromatic heterocycles. The number of ketones is 2. The van der Waals surface area contributed by atoms with E-state index < -0.39 is 0 Å². The molecule has 2 aromatic carbocycles. The summed E-state index contributed by atoms with van der Waals surface area (Å²) >= 11 is 0. The summed E-state index contributed by atoms with van der Waals surface area (Å²) in [5, 5.41) is 19.2. The molecule has 9 heteroatoms. The number of hydrogen-bond acceptors (Lipinski definition) is 9. The summed E-state index contributed by atoms with van der Waals surface area (Å²) < 4.78 is 25.3. The van der Waals surface area contributed by atoms with Crippen LogP contribution in [0.15, 0.2) is 48.5 Å². The van der Waals surface area contributed by atoms with Crippen LogP contribution in [0.4, 0.5) is 0 Å². The maximum atomic E-state index is 13.7. The lowest BCUT2D eigenvalue weighted by Crippen LogP contribution is -2.56. The van der Waals surface area contributed by atoms with Crippen LogP contribution in [-0.2, 0) is 19.1 Å². The number of carbonyl (C=O) groups is 2. The lowest BCUT2D eigenvalue weighted by atomic mass is 9.44. The Bertz CT molecular complexity index is 2380. The Morgan fingerprint density at radius 2 is 1.16 bits per heavy atom. The average molecular weight is 1120 g/mol. The van der Waals surface area contributed by atoms with E-state index in [9.17, 15) is 14.7 Å². The van der Waals surface area contributed by atoms with Gasteiger partial charge in [-0.25, -0.2) is 0 Å². The van der Waals surface area contributed by atoms with Gasteiger partial charge in [-0.2, -0.15) is 0 Å². The number of aliphatic hydroxyl groups excluding tert-OH is 1. The van der Waals surface area contributed by atoms with Gasteiger partial charge in [-0.15, -0.1) is 0 Å².